The number of hydrogen-bond donors (Lipinski definition) is 2. The molecule has 42 heavy (non-hydrogen) atoms. The molecular weight excluding hydrogens is 530 g/mol. The topological polar surface area (TPSA) is 104 Å². The lowest BCUT2D eigenvalue weighted by molar-refractivity contribution is 0.0336. The number of fused-ring (bicyclic) bond motifs is 1. The van der Waals surface area contributed by atoms with Crippen LogP contribution in [0.1, 0.15) is 44.0 Å². The van der Waals surface area contributed by atoms with Gasteiger partial charge in [-0.2, -0.15) is 0 Å². The van der Waals surface area contributed by atoms with Crippen molar-refractivity contribution in [1.82, 2.24) is 25.1 Å². The van der Waals surface area contributed by atoms with Gasteiger partial charge in [0.1, 0.15) is 0 Å². The standard InChI is InChI=1S/C29H35N7O3.C3H8/c1-4-39-29(37)34-28-32-17-23-14-22(21-5-6-24(31-16-21)19-36-9-11-38-12-10-36)15-25(27(23)33-28)26-13-20(7-8-30-26)18-35(2)3;1-3-2/h5-8,13-16H,4,9-12,17-19H2,1-3H3,(H2,32,33,34,37);3H2,1-2H3. The van der Waals surface area contributed by atoms with Gasteiger partial charge in [-0.05, 0) is 68.0 Å². The monoisotopic (exact) mass is 573 g/mol. The summed E-state index contributed by atoms with van der Waals surface area (Å²) >= 11 is 0. The van der Waals surface area contributed by atoms with Gasteiger partial charge < -0.3 is 19.7 Å². The number of amides is 1. The zero-order chi connectivity index (χ0) is 29.9. The molecule has 0 saturated carbocycles. The van der Waals surface area contributed by atoms with Crippen molar-refractivity contribution >= 4 is 17.7 Å². The van der Waals surface area contributed by atoms with E-state index >= 15 is 0 Å². The van der Waals surface area contributed by atoms with E-state index in [2.05, 4.69) is 69.6 Å². The van der Waals surface area contributed by atoms with Crippen LogP contribution in [-0.2, 0) is 29.1 Å². The minimum absolute atomic E-state index is 0.284. The molecule has 0 atom stereocenters. The van der Waals surface area contributed by atoms with Crippen LogP contribution in [-0.4, -0.2) is 78.8 Å². The molecule has 2 N–H and O–H groups in total. The first-order valence-electron chi connectivity index (χ1n) is 14.7. The maximum Gasteiger partial charge on any atom is 0.413 e. The van der Waals surface area contributed by atoms with Crippen LogP contribution in [0.3, 0.4) is 0 Å². The van der Waals surface area contributed by atoms with E-state index in [4.69, 9.17) is 19.4 Å². The largest absolute Gasteiger partial charge is 0.450 e. The molecule has 224 valence electrons. The zero-order valence-corrected chi connectivity index (χ0v) is 25.4. The molecule has 1 aromatic carbocycles. The van der Waals surface area contributed by atoms with Gasteiger partial charge in [-0.1, -0.05) is 26.3 Å². The molecule has 1 fully saturated rings. The molecule has 2 aliphatic heterocycles. The third-order valence-electron chi connectivity index (χ3n) is 6.61. The molecule has 0 unspecified atom stereocenters. The van der Waals surface area contributed by atoms with Gasteiger partial charge in [0, 0.05) is 49.7 Å². The Morgan fingerprint density at radius 1 is 1.07 bits per heavy atom. The number of guanidine groups is 1. The Morgan fingerprint density at radius 3 is 2.55 bits per heavy atom. The van der Waals surface area contributed by atoms with Crippen molar-refractivity contribution in [2.75, 3.05) is 52.3 Å². The van der Waals surface area contributed by atoms with Crippen LogP contribution in [0.2, 0.25) is 0 Å². The predicted octanol–water partition coefficient (Wildman–Crippen LogP) is 5.15. The van der Waals surface area contributed by atoms with Crippen LogP contribution >= 0.6 is 0 Å². The highest BCUT2D eigenvalue weighted by molar-refractivity contribution is 6.06. The highest BCUT2D eigenvalue weighted by atomic mass is 16.5. The van der Waals surface area contributed by atoms with Gasteiger partial charge in [-0.25, -0.2) is 9.79 Å². The predicted molar refractivity (Wildman–Crippen MR) is 167 cm³/mol. The number of aliphatic imine (C=N–C) groups is 1. The number of aromatic nitrogens is 2. The van der Waals surface area contributed by atoms with E-state index < -0.39 is 6.09 Å². The molecule has 2 aromatic heterocycles. The van der Waals surface area contributed by atoms with E-state index in [-0.39, 0.29) is 6.61 Å². The maximum absolute atomic E-state index is 12.0. The summed E-state index contributed by atoms with van der Waals surface area (Å²) in [6.07, 6.45) is 4.48. The van der Waals surface area contributed by atoms with Crippen molar-refractivity contribution in [3.8, 4) is 22.4 Å². The Bertz CT molecular complexity index is 1350. The molecule has 5 rings (SSSR count). The molecule has 4 heterocycles. The van der Waals surface area contributed by atoms with Crippen molar-refractivity contribution in [2.24, 2.45) is 4.99 Å². The highest BCUT2D eigenvalue weighted by Crippen LogP contribution is 2.37. The van der Waals surface area contributed by atoms with Crippen LogP contribution in [0.25, 0.3) is 22.4 Å². The van der Waals surface area contributed by atoms with Crippen molar-refractivity contribution < 1.29 is 14.3 Å². The molecule has 10 heteroatoms. The van der Waals surface area contributed by atoms with Crippen molar-refractivity contribution in [2.45, 2.75) is 46.8 Å². The van der Waals surface area contributed by atoms with Crippen molar-refractivity contribution in [1.29, 1.82) is 0 Å². The van der Waals surface area contributed by atoms with Crippen molar-refractivity contribution in [3.63, 3.8) is 0 Å². The highest BCUT2D eigenvalue weighted by Gasteiger charge is 2.21. The van der Waals surface area contributed by atoms with Gasteiger partial charge in [0.2, 0.25) is 5.96 Å². The Kier molecular flexibility index (Phi) is 11.4. The van der Waals surface area contributed by atoms with Gasteiger partial charge in [0.05, 0.1) is 43.4 Å². The van der Waals surface area contributed by atoms with E-state index in [0.717, 1.165) is 84.3 Å². The molecule has 1 amide bonds. The second kappa shape index (κ2) is 15.4. The number of morpholine rings is 1. The fourth-order valence-corrected chi connectivity index (χ4v) is 4.76. The van der Waals surface area contributed by atoms with Crippen LogP contribution in [0, 0.1) is 0 Å². The number of carbonyl (C=O) groups is 1. The van der Waals surface area contributed by atoms with Gasteiger partial charge in [0.25, 0.3) is 0 Å². The number of benzene rings is 1. The van der Waals surface area contributed by atoms with E-state index in [1.54, 1.807) is 6.92 Å². The van der Waals surface area contributed by atoms with E-state index in [9.17, 15) is 4.79 Å². The Morgan fingerprint density at radius 2 is 1.86 bits per heavy atom. The molecule has 1 saturated heterocycles. The maximum atomic E-state index is 12.0. The normalized spacial score (nSPS) is 14.7. The molecule has 0 aliphatic carbocycles. The van der Waals surface area contributed by atoms with Crippen LogP contribution in [0.15, 0.2) is 53.8 Å². The van der Waals surface area contributed by atoms with Gasteiger partial charge in [0.15, 0.2) is 0 Å². The quantitative estimate of drug-likeness (QED) is 0.400. The van der Waals surface area contributed by atoms with Gasteiger partial charge in [-0.15, -0.1) is 0 Å². The number of nitrogens with zero attached hydrogens (tertiary/aromatic N) is 5. The first-order valence-corrected chi connectivity index (χ1v) is 14.7. The van der Waals surface area contributed by atoms with E-state index in [1.807, 2.05) is 32.6 Å². The summed E-state index contributed by atoms with van der Waals surface area (Å²) in [7, 11) is 4.09. The summed E-state index contributed by atoms with van der Waals surface area (Å²) in [6, 6.07) is 12.6. The molecular formula is C32H43N7O3. The Hall–Kier alpha value is -3.86. The lowest BCUT2D eigenvalue weighted by Gasteiger charge is -2.26. The van der Waals surface area contributed by atoms with E-state index in [1.165, 1.54) is 6.42 Å². The Labute approximate surface area is 249 Å². The lowest BCUT2D eigenvalue weighted by atomic mass is 9.95. The summed E-state index contributed by atoms with van der Waals surface area (Å²) < 4.78 is 10.5. The Balaban J connectivity index is 0.00000129. The lowest BCUT2D eigenvalue weighted by Crippen LogP contribution is -2.38. The summed E-state index contributed by atoms with van der Waals surface area (Å²) in [5.41, 5.74) is 7.90. The number of anilines is 1. The number of nitrogens with one attached hydrogen (secondary N) is 2. The van der Waals surface area contributed by atoms with Crippen LogP contribution in [0.4, 0.5) is 10.5 Å². The number of rotatable bonds is 7. The number of ether oxygens (including phenoxy) is 2. The second-order valence-corrected chi connectivity index (χ2v) is 10.6. The molecule has 0 bridgehead atoms. The first-order chi connectivity index (χ1) is 20.4. The third kappa shape index (κ3) is 8.58. The third-order valence-corrected chi connectivity index (χ3v) is 6.61. The van der Waals surface area contributed by atoms with Crippen LogP contribution < -0.4 is 10.6 Å². The fourth-order valence-electron chi connectivity index (χ4n) is 4.76. The minimum atomic E-state index is -0.542. The molecule has 0 radical (unpaired) electrons. The first kappa shape index (κ1) is 31.1. The SMILES string of the molecule is CCC.CCOC(=O)NC1=NCc2cc(-c3ccc(CN4CCOCC4)nc3)cc(-c3cc(CN(C)C)ccn3)c2N1. The number of hydrogen-bond acceptors (Lipinski definition) is 9. The van der Waals surface area contributed by atoms with E-state index in [0.29, 0.717) is 12.5 Å². The average molecular weight is 574 g/mol. The minimum Gasteiger partial charge on any atom is -0.450 e. The van der Waals surface area contributed by atoms with Gasteiger partial charge >= 0.3 is 6.09 Å². The average Bonchev–Trinajstić information content (AvgIpc) is 2.98. The molecule has 2 aliphatic rings. The second-order valence-electron chi connectivity index (χ2n) is 10.6. The molecule has 10 nitrogen and oxygen atoms in total. The molecule has 0 spiro atoms. The fraction of sp³-hybridized carbons (Fsp3) is 0.438. The summed E-state index contributed by atoms with van der Waals surface area (Å²) in [5, 5.41) is 5.99. The number of carbonyl (C=O) groups excluding carboxylic acids is 1. The summed E-state index contributed by atoms with van der Waals surface area (Å²) in [6.45, 7) is 11.7. The van der Waals surface area contributed by atoms with Crippen molar-refractivity contribution in [3.05, 3.63) is 65.6 Å². The summed E-state index contributed by atoms with van der Waals surface area (Å²) in [5.74, 6) is 0.355. The van der Waals surface area contributed by atoms with Crippen LogP contribution in [0.5, 0.6) is 0 Å². The smallest absolute Gasteiger partial charge is 0.413 e. The van der Waals surface area contributed by atoms with Gasteiger partial charge in [-0.3, -0.25) is 20.2 Å². The summed E-state index contributed by atoms with van der Waals surface area (Å²) in [4.78, 5) is 30.5. The zero-order valence-electron chi connectivity index (χ0n) is 25.4. The number of pyridine rings is 2. The molecule has 3 aromatic rings. The number of alkyl carbamates (subject to hydrolysis) is 1.